The normalized spacial score (nSPS) is 10.7. The summed E-state index contributed by atoms with van der Waals surface area (Å²) in [6.07, 6.45) is 1.77. The van der Waals surface area contributed by atoms with E-state index in [1.165, 1.54) is 0 Å². The van der Waals surface area contributed by atoms with Gasteiger partial charge in [0.1, 0.15) is 24.7 Å². The van der Waals surface area contributed by atoms with E-state index in [4.69, 9.17) is 9.47 Å². The molecule has 1 aromatic heterocycles. The van der Waals surface area contributed by atoms with Crippen LogP contribution in [0.2, 0.25) is 0 Å². The molecule has 0 aliphatic carbocycles. The van der Waals surface area contributed by atoms with Gasteiger partial charge in [-0.05, 0) is 48.9 Å². The Bertz CT molecular complexity index is 890. The van der Waals surface area contributed by atoms with Gasteiger partial charge in [0.05, 0.1) is 18.8 Å². The van der Waals surface area contributed by atoms with Gasteiger partial charge in [-0.3, -0.25) is 4.98 Å². The number of nitrogens with zero attached hydrogens (tertiary/aromatic N) is 2. The zero-order valence-corrected chi connectivity index (χ0v) is 20.0. The largest absolute Gasteiger partial charge is 0.492 e. The Morgan fingerprint density at radius 1 is 0.871 bits per heavy atom. The lowest BCUT2D eigenvalue weighted by atomic mass is 10.2. The molecule has 0 fully saturated rings. The van der Waals surface area contributed by atoms with Crippen molar-refractivity contribution in [2.24, 2.45) is 4.99 Å². The summed E-state index contributed by atoms with van der Waals surface area (Å²) in [4.78, 5) is 8.90. The number of nitrogens with one attached hydrogen (secondary N) is 2. The van der Waals surface area contributed by atoms with Crippen molar-refractivity contribution in [3.8, 4) is 11.5 Å². The Morgan fingerprint density at radius 3 is 2.32 bits per heavy atom. The van der Waals surface area contributed by atoms with Crippen molar-refractivity contribution >= 4 is 29.9 Å². The van der Waals surface area contributed by atoms with E-state index in [2.05, 4.69) is 20.6 Å². The van der Waals surface area contributed by atoms with Gasteiger partial charge in [0.15, 0.2) is 5.96 Å². The monoisotopic (exact) mass is 532 g/mol. The van der Waals surface area contributed by atoms with Gasteiger partial charge in [0.2, 0.25) is 0 Å². The summed E-state index contributed by atoms with van der Waals surface area (Å²) in [6.45, 7) is 5.11. The summed E-state index contributed by atoms with van der Waals surface area (Å²) >= 11 is 0. The van der Waals surface area contributed by atoms with Crippen molar-refractivity contribution in [3.63, 3.8) is 0 Å². The Balaban J connectivity index is 0.00000341. The summed E-state index contributed by atoms with van der Waals surface area (Å²) in [5.74, 6) is 2.45. The maximum Gasteiger partial charge on any atom is 0.191 e. The molecule has 2 N–H and O–H groups in total. The van der Waals surface area contributed by atoms with Crippen molar-refractivity contribution in [2.45, 2.75) is 20.1 Å². The number of para-hydroxylation sites is 1. The van der Waals surface area contributed by atoms with E-state index in [0.29, 0.717) is 26.3 Å². The van der Waals surface area contributed by atoms with Gasteiger partial charge < -0.3 is 20.1 Å². The van der Waals surface area contributed by atoms with Crippen LogP contribution in [0, 0.1) is 0 Å². The molecule has 0 bridgehead atoms. The van der Waals surface area contributed by atoms with E-state index in [0.717, 1.165) is 35.3 Å². The quantitative estimate of drug-likeness (QED) is 0.175. The van der Waals surface area contributed by atoms with E-state index >= 15 is 0 Å². The average molecular weight is 532 g/mol. The minimum absolute atomic E-state index is 0. The molecule has 1 heterocycles. The standard InChI is InChI=1S/C24H28N4O2.HI/c1-2-25-24(27-16-17-29-22-9-4-3-5-10-22)28-18-20-11-13-23(14-12-20)30-19-21-8-6-7-15-26-21;/h3-15H,2,16-19H2,1H3,(H2,25,27,28);1H. The highest BCUT2D eigenvalue weighted by molar-refractivity contribution is 14.0. The summed E-state index contributed by atoms with van der Waals surface area (Å²) in [6, 6.07) is 23.6. The molecule has 0 saturated carbocycles. The van der Waals surface area contributed by atoms with E-state index in [9.17, 15) is 0 Å². The van der Waals surface area contributed by atoms with E-state index in [-0.39, 0.29) is 24.0 Å². The van der Waals surface area contributed by atoms with Crippen LogP contribution >= 0.6 is 24.0 Å². The molecule has 7 heteroatoms. The molecule has 0 unspecified atom stereocenters. The molecular weight excluding hydrogens is 503 g/mol. The van der Waals surface area contributed by atoms with Crippen LogP contribution in [0.25, 0.3) is 0 Å². The predicted molar refractivity (Wildman–Crippen MR) is 135 cm³/mol. The van der Waals surface area contributed by atoms with Crippen LogP contribution in [0.3, 0.4) is 0 Å². The Hall–Kier alpha value is -2.81. The van der Waals surface area contributed by atoms with Gasteiger partial charge in [-0.15, -0.1) is 24.0 Å². The first kappa shape index (κ1) is 24.5. The number of hydrogen-bond donors (Lipinski definition) is 2. The van der Waals surface area contributed by atoms with Crippen LogP contribution in [0.4, 0.5) is 0 Å². The van der Waals surface area contributed by atoms with E-state index < -0.39 is 0 Å². The van der Waals surface area contributed by atoms with Crippen LogP contribution in [0.5, 0.6) is 11.5 Å². The second-order valence-electron chi connectivity index (χ2n) is 6.54. The van der Waals surface area contributed by atoms with Crippen molar-refractivity contribution in [2.75, 3.05) is 19.7 Å². The molecule has 0 amide bonds. The molecule has 0 atom stereocenters. The predicted octanol–water partition coefficient (Wildman–Crippen LogP) is 4.41. The third kappa shape index (κ3) is 9.25. The number of aliphatic imine (C=N–C) groups is 1. The van der Waals surface area contributed by atoms with Crippen molar-refractivity contribution < 1.29 is 9.47 Å². The van der Waals surface area contributed by atoms with Crippen molar-refractivity contribution in [1.82, 2.24) is 15.6 Å². The topological polar surface area (TPSA) is 67.8 Å². The van der Waals surface area contributed by atoms with Crippen molar-refractivity contribution in [3.05, 3.63) is 90.3 Å². The Labute approximate surface area is 201 Å². The van der Waals surface area contributed by atoms with E-state index in [1.54, 1.807) is 6.20 Å². The molecular formula is C24H29IN4O2. The fourth-order valence-corrected chi connectivity index (χ4v) is 2.70. The molecule has 3 rings (SSSR count). The minimum Gasteiger partial charge on any atom is -0.492 e. The number of hydrogen-bond acceptors (Lipinski definition) is 4. The summed E-state index contributed by atoms with van der Waals surface area (Å²) in [5.41, 5.74) is 2.02. The van der Waals surface area contributed by atoms with Gasteiger partial charge in [-0.2, -0.15) is 0 Å². The second kappa shape index (κ2) is 14.2. The number of benzene rings is 2. The number of pyridine rings is 1. The number of rotatable bonds is 10. The number of halogens is 1. The zero-order valence-electron chi connectivity index (χ0n) is 17.7. The lowest BCUT2D eigenvalue weighted by Crippen LogP contribution is -2.39. The highest BCUT2D eigenvalue weighted by Crippen LogP contribution is 2.14. The Morgan fingerprint density at radius 2 is 1.61 bits per heavy atom. The summed E-state index contributed by atoms with van der Waals surface area (Å²) < 4.78 is 11.5. The minimum atomic E-state index is 0. The molecule has 0 aliphatic heterocycles. The lowest BCUT2D eigenvalue weighted by Gasteiger charge is -2.12. The van der Waals surface area contributed by atoms with Gasteiger partial charge in [-0.1, -0.05) is 36.4 Å². The van der Waals surface area contributed by atoms with Gasteiger partial charge in [0.25, 0.3) is 0 Å². The van der Waals surface area contributed by atoms with Crippen LogP contribution in [-0.2, 0) is 13.2 Å². The van der Waals surface area contributed by atoms with E-state index in [1.807, 2.05) is 79.7 Å². The van der Waals surface area contributed by atoms with Crippen molar-refractivity contribution in [1.29, 1.82) is 0 Å². The maximum atomic E-state index is 5.78. The van der Waals surface area contributed by atoms with Gasteiger partial charge in [-0.25, -0.2) is 4.99 Å². The number of aromatic nitrogens is 1. The second-order valence-corrected chi connectivity index (χ2v) is 6.54. The molecule has 0 spiro atoms. The highest BCUT2D eigenvalue weighted by atomic mass is 127. The smallest absolute Gasteiger partial charge is 0.191 e. The summed E-state index contributed by atoms with van der Waals surface area (Å²) in [5, 5.41) is 6.55. The van der Waals surface area contributed by atoms with Crippen LogP contribution in [0.1, 0.15) is 18.2 Å². The van der Waals surface area contributed by atoms with Crippen LogP contribution in [-0.4, -0.2) is 30.6 Å². The Kier molecular flexibility index (Phi) is 11.2. The first-order valence-corrected chi connectivity index (χ1v) is 10.1. The first-order valence-electron chi connectivity index (χ1n) is 10.1. The van der Waals surface area contributed by atoms with Gasteiger partial charge >= 0.3 is 0 Å². The third-order valence-electron chi connectivity index (χ3n) is 4.21. The average Bonchev–Trinajstić information content (AvgIpc) is 2.81. The first-order chi connectivity index (χ1) is 14.8. The fraction of sp³-hybridized carbons (Fsp3) is 0.250. The number of ether oxygens (including phenoxy) is 2. The molecule has 6 nitrogen and oxygen atoms in total. The molecule has 0 saturated heterocycles. The molecule has 0 aliphatic rings. The number of guanidine groups is 1. The maximum absolute atomic E-state index is 5.78. The van der Waals surface area contributed by atoms with Crippen LogP contribution in [0.15, 0.2) is 84.0 Å². The molecule has 2 aromatic carbocycles. The molecule has 3 aromatic rings. The third-order valence-corrected chi connectivity index (χ3v) is 4.21. The highest BCUT2D eigenvalue weighted by Gasteiger charge is 2.00. The molecule has 0 radical (unpaired) electrons. The SMILES string of the molecule is CCNC(=NCc1ccc(OCc2ccccn2)cc1)NCCOc1ccccc1.I. The molecule has 31 heavy (non-hydrogen) atoms. The lowest BCUT2D eigenvalue weighted by molar-refractivity contribution is 0.301. The summed E-state index contributed by atoms with van der Waals surface area (Å²) in [7, 11) is 0. The van der Waals surface area contributed by atoms with Gasteiger partial charge in [0, 0.05) is 12.7 Å². The van der Waals surface area contributed by atoms with Crippen LogP contribution < -0.4 is 20.1 Å². The zero-order chi connectivity index (χ0) is 20.9. The molecule has 164 valence electrons. The fourth-order valence-electron chi connectivity index (χ4n) is 2.70.